The Balaban J connectivity index is 2.43. The Bertz CT molecular complexity index is 839. The molecular weight excluding hydrogens is 234 g/mol. The van der Waals surface area contributed by atoms with Crippen LogP contribution >= 0.6 is 0 Å². The Kier molecular flexibility index (Phi) is 2.62. The molecule has 0 saturated carbocycles. The van der Waals surface area contributed by atoms with E-state index in [1.54, 1.807) is 10.5 Å². The summed E-state index contributed by atoms with van der Waals surface area (Å²) < 4.78 is 1.74. The molecule has 3 aromatic rings. The molecule has 0 aliphatic rings. The second-order valence-corrected chi connectivity index (χ2v) is 4.25. The molecule has 0 spiro atoms. The minimum atomic E-state index is 0.390. The summed E-state index contributed by atoms with van der Waals surface area (Å²) in [6.45, 7) is 0. The fraction of sp³-hybridized carbons (Fsp3) is 0. The van der Waals surface area contributed by atoms with Crippen LogP contribution in [0.1, 0.15) is 5.56 Å². The molecule has 1 N–H and O–H groups in total. The lowest BCUT2D eigenvalue weighted by atomic mass is 10.0. The quantitative estimate of drug-likeness (QED) is 0.704. The first-order chi connectivity index (χ1) is 9.31. The number of benzene rings is 1. The first-order valence-corrected chi connectivity index (χ1v) is 5.96. The van der Waals surface area contributed by atoms with E-state index in [1.165, 1.54) is 0 Å². The van der Waals surface area contributed by atoms with Crippen molar-refractivity contribution < 1.29 is 0 Å². The van der Waals surface area contributed by atoms with Gasteiger partial charge in [0.2, 0.25) is 0 Å². The van der Waals surface area contributed by atoms with Gasteiger partial charge in [-0.05, 0) is 23.8 Å². The number of aromatic nitrogens is 1. The summed E-state index contributed by atoms with van der Waals surface area (Å²) in [5.41, 5.74) is 3.44. The number of fused-ring (bicyclic) bond motifs is 1. The molecule has 0 unspecified atom stereocenters. The molecule has 19 heavy (non-hydrogen) atoms. The average Bonchev–Trinajstić information content (AvgIpc) is 2.49. The van der Waals surface area contributed by atoms with E-state index in [1.807, 2.05) is 54.7 Å². The van der Waals surface area contributed by atoms with E-state index in [0.29, 0.717) is 11.1 Å². The molecule has 2 aromatic heterocycles. The Morgan fingerprint density at radius 2 is 1.74 bits per heavy atom. The van der Waals surface area contributed by atoms with Gasteiger partial charge >= 0.3 is 0 Å². The minimum Gasteiger partial charge on any atom is -0.300 e. The number of pyridine rings is 2. The number of nitrogens with zero attached hydrogens (tertiary/aromatic N) is 2. The van der Waals surface area contributed by atoms with Gasteiger partial charge in [-0.1, -0.05) is 36.4 Å². The van der Waals surface area contributed by atoms with Gasteiger partial charge in [0.25, 0.3) is 0 Å². The van der Waals surface area contributed by atoms with Crippen molar-refractivity contribution in [2.24, 2.45) is 0 Å². The Hall–Kier alpha value is -2.86. The Labute approximate surface area is 110 Å². The number of hydrogen-bond donors (Lipinski definition) is 1. The molecule has 2 heterocycles. The van der Waals surface area contributed by atoms with E-state index in [2.05, 4.69) is 6.07 Å². The highest BCUT2D eigenvalue weighted by molar-refractivity contribution is 5.70. The van der Waals surface area contributed by atoms with Crippen LogP contribution in [0, 0.1) is 16.7 Å². The molecule has 0 aliphatic heterocycles. The molecule has 1 aromatic carbocycles. The van der Waals surface area contributed by atoms with Crippen LogP contribution in [-0.2, 0) is 0 Å². The third-order valence-electron chi connectivity index (χ3n) is 3.13. The van der Waals surface area contributed by atoms with Crippen LogP contribution in [0.15, 0.2) is 60.8 Å². The summed E-state index contributed by atoms with van der Waals surface area (Å²) in [4.78, 5) is 0. The Morgan fingerprint density at radius 1 is 1.00 bits per heavy atom. The SMILES string of the molecule is N#Cc1cc(-c2ccccc2)c(=N)n2ccccc12. The first-order valence-electron chi connectivity index (χ1n) is 5.96. The van der Waals surface area contributed by atoms with Gasteiger partial charge in [-0.25, -0.2) is 0 Å². The zero-order valence-electron chi connectivity index (χ0n) is 10.2. The van der Waals surface area contributed by atoms with Crippen LogP contribution in [0.4, 0.5) is 0 Å². The lowest BCUT2D eigenvalue weighted by Crippen LogP contribution is -2.16. The fourth-order valence-electron chi connectivity index (χ4n) is 2.20. The summed E-state index contributed by atoms with van der Waals surface area (Å²) >= 11 is 0. The normalized spacial score (nSPS) is 10.3. The highest BCUT2D eigenvalue weighted by Gasteiger charge is 2.07. The number of nitrogens with one attached hydrogen (secondary N) is 1. The van der Waals surface area contributed by atoms with Crippen LogP contribution in [0.25, 0.3) is 16.6 Å². The lowest BCUT2D eigenvalue weighted by molar-refractivity contribution is 1.01. The van der Waals surface area contributed by atoms with Gasteiger partial charge in [-0.2, -0.15) is 5.26 Å². The average molecular weight is 245 g/mol. The molecule has 0 radical (unpaired) electrons. The second kappa shape index (κ2) is 4.43. The topological polar surface area (TPSA) is 52.0 Å². The zero-order valence-corrected chi connectivity index (χ0v) is 10.2. The fourth-order valence-corrected chi connectivity index (χ4v) is 2.20. The van der Waals surface area contributed by atoms with Gasteiger partial charge in [-0.3, -0.25) is 5.41 Å². The van der Waals surface area contributed by atoms with Crippen molar-refractivity contribution in [3.05, 3.63) is 71.8 Å². The van der Waals surface area contributed by atoms with Crippen LogP contribution < -0.4 is 5.49 Å². The summed E-state index contributed by atoms with van der Waals surface area (Å²) in [5, 5.41) is 17.6. The molecule has 3 heteroatoms. The number of rotatable bonds is 1. The molecule has 0 atom stereocenters. The molecule has 0 saturated heterocycles. The molecule has 0 bridgehead atoms. The highest BCUT2D eigenvalue weighted by Crippen LogP contribution is 2.18. The zero-order chi connectivity index (χ0) is 13.2. The molecule has 0 fully saturated rings. The van der Waals surface area contributed by atoms with Gasteiger partial charge in [0, 0.05) is 11.8 Å². The van der Waals surface area contributed by atoms with Crippen LogP contribution in [0.3, 0.4) is 0 Å². The predicted molar refractivity (Wildman–Crippen MR) is 73.4 cm³/mol. The standard InChI is InChI=1S/C16H11N3/c17-11-13-10-14(12-6-2-1-3-7-12)16(18)19-9-5-4-8-15(13)19/h1-10,18H. The van der Waals surface area contributed by atoms with Gasteiger partial charge < -0.3 is 4.40 Å². The van der Waals surface area contributed by atoms with E-state index >= 15 is 0 Å². The van der Waals surface area contributed by atoms with E-state index in [-0.39, 0.29) is 0 Å². The lowest BCUT2D eigenvalue weighted by Gasteiger charge is -2.08. The van der Waals surface area contributed by atoms with Crippen LogP contribution in [-0.4, -0.2) is 4.40 Å². The van der Waals surface area contributed by atoms with Crippen molar-refractivity contribution in [2.45, 2.75) is 0 Å². The van der Waals surface area contributed by atoms with Crippen molar-refractivity contribution in [2.75, 3.05) is 0 Å². The van der Waals surface area contributed by atoms with Crippen molar-refractivity contribution in [3.8, 4) is 17.2 Å². The molecule has 3 rings (SSSR count). The molecule has 3 nitrogen and oxygen atoms in total. The maximum atomic E-state index is 9.27. The summed E-state index contributed by atoms with van der Waals surface area (Å²) in [6.07, 6.45) is 1.81. The van der Waals surface area contributed by atoms with Gasteiger partial charge in [0.05, 0.1) is 11.1 Å². The van der Waals surface area contributed by atoms with Gasteiger partial charge in [0.15, 0.2) is 0 Å². The molecule has 90 valence electrons. The number of hydrogen-bond acceptors (Lipinski definition) is 2. The predicted octanol–water partition coefficient (Wildman–Crippen LogP) is 2.96. The van der Waals surface area contributed by atoms with E-state index in [9.17, 15) is 5.26 Å². The van der Waals surface area contributed by atoms with Crippen LogP contribution in [0.2, 0.25) is 0 Å². The third kappa shape index (κ3) is 1.80. The smallest absolute Gasteiger partial charge is 0.137 e. The molecule has 0 amide bonds. The van der Waals surface area contributed by atoms with Gasteiger partial charge in [0.1, 0.15) is 11.6 Å². The van der Waals surface area contributed by atoms with Crippen molar-refractivity contribution in [3.63, 3.8) is 0 Å². The second-order valence-electron chi connectivity index (χ2n) is 4.25. The number of nitriles is 1. The third-order valence-corrected chi connectivity index (χ3v) is 3.13. The summed E-state index contributed by atoms with van der Waals surface area (Å²) in [6, 6.07) is 19.3. The molecule has 0 aliphatic carbocycles. The largest absolute Gasteiger partial charge is 0.300 e. The maximum absolute atomic E-state index is 9.27. The van der Waals surface area contributed by atoms with E-state index < -0.39 is 0 Å². The van der Waals surface area contributed by atoms with E-state index in [0.717, 1.165) is 16.6 Å². The van der Waals surface area contributed by atoms with Crippen molar-refractivity contribution in [1.29, 1.82) is 10.7 Å². The first kappa shape index (κ1) is 11.2. The van der Waals surface area contributed by atoms with Crippen molar-refractivity contribution >= 4 is 5.52 Å². The maximum Gasteiger partial charge on any atom is 0.137 e. The molecular formula is C16H11N3. The van der Waals surface area contributed by atoms with Gasteiger partial charge in [-0.15, -0.1) is 0 Å². The summed E-state index contributed by atoms with van der Waals surface area (Å²) in [5.74, 6) is 0. The monoisotopic (exact) mass is 245 g/mol. The minimum absolute atomic E-state index is 0.390. The van der Waals surface area contributed by atoms with Crippen molar-refractivity contribution in [1.82, 2.24) is 4.40 Å². The van der Waals surface area contributed by atoms with Crippen LogP contribution in [0.5, 0.6) is 0 Å². The van der Waals surface area contributed by atoms with E-state index in [4.69, 9.17) is 5.41 Å². The summed E-state index contributed by atoms with van der Waals surface area (Å²) in [7, 11) is 0. The highest BCUT2D eigenvalue weighted by atomic mass is 14.9. The Morgan fingerprint density at radius 3 is 2.47 bits per heavy atom.